The number of carbonyl (C=O) groups is 1. The highest BCUT2D eigenvalue weighted by Gasteiger charge is 2.28. The van der Waals surface area contributed by atoms with Gasteiger partial charge in [0.25, 0.3) is 0 Å². The Morgan fingerprint density at radius 1 is 0.848 bits per heavy atom. The maximum absolute atomic E-state index is 12.7. The molecule has 0 aliphatic heterocycles. The first-order valence-electron chi connectivity index (χ1n) is 12.3. The number of rotatable bonds is 11. The Labute approximate surface area is 196 Å². The highest BCUT2D eigenvalue weighted by atomic mass is 16.4. The molecule has 4 aromatic rings. The number of para-hydroxylation sites is 1. The minimum absolute atomic E-state index is 0.267. The lowest BCUT2D eigenvalue weighted by atomic mass is 10.00. The SMILES string of the molecule is CCCCCCCCCC(c1cc2ccccc2[nH]1)N(C(=O)O)c1cccc2ccccc12. The van der Waals surface area contributed by atoms with Crippen LogP contribution in [-0.2, 0) is 0 Å². The fourth-order valence-electron chi connectivity index (χ4n) is 4.82. The molecular weight excluding hydrogens is 408 g/mol. The second-order valence-electron chi connectivity index (χ2n) is 8.89. The van der Waals surface area contributed by atoms with E-state index >= 15 is 0 Å². The zero-order chi connectivity index (χ0) is 23.0. The van der Waals surface area contributed by atoms with Crippen LogP contribution in [0.1, 0.15) is 70.0 Å². The molecule has 0 aliphatic rings. The molecule has 3 aromatic carbocycles. The first kappa shape index (κ1) is 22.9. The van der Waals surface area contributed by atoms with Crippen molar-refractivity contribution in [1.82, 2.24) is 4.98 Å². The van der Waals surface area contributed by atoms with Gasteiger partial charge in [0.2, 0.25) is 0 Å². The molecule has 4 heteroatoms. The summed E-state index contributed by atoms with van der Waals surface area (Å²) in [5.74, 6) is 0. The van der Waals surface area contributed by atoms with Gasteiger partial charge < -0.3 is 10.1 Å². The smallest absolute Gasteiger partial charge is 0.412 e. The van der Waals surface area contributed by atoms with Crippen LogP contribution in [0.15, 0.2) is 72.8 Å². The lowest BCUT2D eigenvalue weighted by Gasteiger charge is -2.30. The van der Waals surface area contributed by atoms with E-state index in [9.17, 15) is 9.90 Å². The van der Waals surface area contributed by atoms with E-state index in [0.29, 0.717) is 0 Å². The number of carboxylic acid groups (broad SMARTS) is 1. The molecule has 0 saturated carbocycles. The number of benzene rings is 3. The Kier molecular flexibility index (Phi) is 7.66. The number of aromatic nitrogens is 1. The second kappa shape index (κ2) is 11.0. The van der Waals surface area contributed by atoms with Gasteiger partial charge in [-0.25, -0.2) is 4.79 Å². The van der Waals surface area contributed by atoms with E-state index < -0.39 is 6.09 Å². The number of H-pyrrole nitrogens is 1. The van der Waals surface area contributed by atoms with Crippen LogP contribution in [0.3, 0.4) is 0 Å². The third-order valence-electron chi connectivity index (χ3n) is 6.53. The maximum atomic E-state index is 12.7. The van der Waals surface area contributed by atoms with E-state index in [4.69, 9.17) is 0 Å². The summed E-state index contributed by atoms with van der Waals surface area (Å²) in [6.07, 6.45) is 8.31. The molecule has 0 bridgehead atoms. The summed E-state index contributed by atoms with van der Waals surface area (Å²) in [6, 6.07) is 23.9. The fourth-order valence-corrected chi connectivity index (χ4v) is 4.82. The van der Waals surface area contributed by atoms with Gasteiger partial charge in [0.05, 0.1) is 11.7 Å². The normalized spacial score (nSPS) is 12.3. The quantitative estimate of drug-likeness (QED) is 0.228. The molecule has 4 nitrogen and oxygen atoms in total. The number of unbranched alkanes of at least 4 members (excludes halogenated alkanes) is 6. The zero-order valence-corrected chi connectivity index (χ0v) is 19.5. The topological polar surface area (TPSA) is 56.3 Å². The van der Waals surface area contributed by atoms with Crippen molar-refractivity contribution in [3.63, 3.8) is 0 Å². The highest BCUT2D eigenvalue weighted by Crippen LogP contribution is 2.36. The predicted molar refractivity (Wildman–Crippen MR) is 138 cm³/mol. The van der Waals surface area contributed by atoms with Crippen molar-refractivity contribution in [1.29, 1.82) is 0 Å². The predicted octanol–water partition coefficient (Wildman–Crippen LogP) is 8.69. The van der Waals surface area contributed by atoms with E-state index in [-0.39, 0.29) is 6.04 Å². The molecule has 1 aromatic heterocycles. The van der Waals surface area contributed by atoms with Gasteiger partial charge in [0.1, 0.15) is 0 Å². The number of nitrogens with zero attached hydrogens (tertiary/aromatic N) is 1. The molecule has 0 aliphatic carbocycles. The summed E-state index contributed by atoms with van der Waals surface area (Å²) < 4.78 is 0. The van der Waals surface area contributed by atoms with Gasteiger partial charge in [-0.1, -0.05) is 106 Å². The molecule has 4 rings (SSSR count). The third-order valence-corrected chi connectivity index (χ3v) is 6.53. The Balaban J connectivity index is 1.66. The van der Waals surface area contributed by atoms with Gasteiger partial charge >= 0.3 is 6.09 Å². The molecule has 2 N–H and O–H groups in total. The highest BCUT2D eigenvalue weighted by molar-refractivity contribution is 6.01. The van der Waals surface area contributed by atoms with Crippen molar-refractivity contribution in [2.24, 2.45) is 0 Å². The molecule has 0 saturated heterocycles. The molecular formula is C29H34N2O2. The van der Waals surface area contributed by atoms with E-state index in [1.165, 1.54) is 32.1 Å². The molecule has 1 amide bonds. The number of anilines is 1. The van der Waals surface area contributed by atoms with Crippen molar-refractivity contribution in [3.05, 3.63) is 78.5 Å². The Bertz CT molecular complexity index is 1160. The Morgan fingerprint density at radius 3 is 2.27 bits per heavy atom. The standard InChI is InChI=1S/C29H34N2O2/c1-2-3-4-5-6-7-8-19-28(26-21-23-15-10-12-18-25(23)30-26)31(29(32)33)27-20-13-16-22-14-9-11-17-24(22)27/h9-18,20-21,28,30H,2-8,19H2,1H3,(H,32,33). The van der Waals surface area contributed by atoms with Crippen LogP contribution < -0.4 is 4.90 Å². The van der Waals surface area contributed by atoms with Crippen LogP contribution in [0.5, 0.6) is 0 Å². The summed E-state index contributed by atoms with van der Waals surface area (Å²) in [5, 5.41) is 13.5. The molecule has 0 fully saturated rings. The molecule has 1 unspecified atom stereocenters. The number of aromatic amines is 1. The number of hydrogen-bond acceptors (Lipinski definition) is 1. The van der Waals surface area contributed by atoms with Gasteiger partial charge in [-0.3, -0.25) is 4.90 Å². The molecule has 172 valence electrons. The van der Waals surface area contributed by atoms with E-state index in [2.05, 4.69) is 24.0 Å². The monoisotopic (exact) mass is 442 g/mol. The summed E-state index contributed by atoms with van der Waals surface area (Å²) in [5.41, 5.74) is 2.74. The van der Waals surface area contributed by atoms with Crippen LogP contribution in [-0.4, -0.2) is 16.2 Å². The first-order chi connectivity index (χ1) is 16.2. The molecule has 1 heterocycles. The first-order valence-corrected chi connectivity index (χ1v) is 12.3. The number of hydrogen-bond donors (Lipinski definition) is 2. The van der Waals surface area contributed by atoms with Crippen molar-refractivity contribution in [2.45, 2.75) is 64.3 Å². The van der Waals surface area contributed by atoms with Crippen molar-refractivity contribution in [2.75, 3.05) is 4.90 Å². The Hall–Kier alpha value is -3.27. The second-order valence-corrected chi connectivity index (χ2v) is 8.89. The van der Waals surface area contributed by atoms with Crippen molar-refractivity contribution >= 4 is 33.5 Å². The number of nitrogens with one attached hydrogen (secondary N) is 1. The van der Waals surface area contributed by atoms with E-state index in [1.807, 2.05) is 60.7 Å². The van der Waals surface area contributed by atoms with Gasteiger partial charge in [0.15, 0.2) is 0 Å². The average Bonchev–Trinajstić information content (AvgIpc) is 3.26. The van der Waals surface area contributed by atoms with Crippen LogP contribution in [0, 0.1) is 0 Å². The van der Waals surface area contributed by atoms with Crippen LogP contribution in [0.4, 0.5) is 10.5 Å². The van der Waals surface area contributed by atoms with Crippen molar-refractivity contribution in [3.8, 4) is 0 Å². The van der Waals surface area contributed by atoms with Gasteiger partial charge in [-0.05, 0) is 35.4 Å². The van der Waals surface area contributed by atoms with Crippen LogP contribution in [0.2, 0.25) is 0 Å². The van der Waals surface area contributed by atoms with Crippen LogP contribution in [0.25, 0.3) is 21.7 Å². The van der Waals surface area contributed by atoms with Gasteiger partial charge in [-0.15, -0.1) is 0 Å². The molecule has 0 radical (unpaired) electrons. The summed E-state index contributed by atoms with van der Waals surface area (Å²) in [4.78, 5) is 17.8. The van der Waals surface area contributed by atoms with E-state index in [0.717, 1.165) is 52.3 Å². The lowest BCUT2D eigenvalue weighted by molar-refractivity contribution is 0.198. The lowest BCUT2D eigenvalue weighted by Crippen LogP contribution is -2.34. The largest absolute Gasteiger partial charge is 0.465 e. The summed E-state index contributed by atoms with van der Waals surface area (Å²) >= 11 is 0. The average molecular weight is 443 g/mol. The summed E-state index contributed by atoms with van der Waals surface area (Å²) in [6.45, 7) is 2.23. The molecule has 33 heavy (non-hydrogen) atoms. The molecule has 1 atom stereocenters. The summed E-state index contributed by atoms with van der Waals surface area (Å²) in [7, 11) is 0. The molecule has 0 spiro atoms. The minimum Gasteiger partial charge on any atom is -0.465 e. The number of amides is 1. The van der Waals surface area contributed by atoms with Crippen molar-refractivity contribution < 1.29 is 9.90 Å². The fraction of sp³-hybridized carbons (Fsp3) is 0.345. The van der Waals surface area contributed by atoms with Gasteiger partial charge in [0, 0.05) is 16.6 Å². The van der Waals surface area contributed by atoms with Crippen LogP contribution >= 0.6 is 0 Å². The maximum Gasteiger partial charge on any atom is 0.412 e. The zero-order valence-electron chi connectivity index (χ0n) is 19.5. The third kappa shape index (κ3) is 5.39. The minimum atomic E-state index is -0.919. The van der Waals surface area contributed by atoms with Gasteiger partial charge in [-0.2, -0.15) is 0 Å². The Morgan fingerprint density at radius 2 is 1.52 bits per heavy atom. The number of fused-ring (bicyclic) bond motifs is 2. The van der Waals surface area contributed by atoms with E-state index in [1.54, 1.807) is 4.90 Å².